The van der Waals surface area contributed by atoms with Crippen molar-refractivity contribution in [1.82, 2.24) is 5.32 Å². The zero-order valence-corrected chi connectivity index (χ0v) is 9.77. The van der Waals surface area contributed by atoms with Crippen LogP contribution in [0.1, 0.15) is 5.56 Å². The lowest BCUT2D eigenvalue weighted by Gasteiger charge is -2.10. The van der Waals surface area contributed by atoms with E-state index in [1.165, 1.54) is 0 Å². The third kappa shape index (κ3) is 4.61. The number of hydrogen-bond acceptors (Lipinski definition) is 4. The van der Waals surface area contributed by atoms with E-state index in [-0.39, 0.29) is 0 Å². The summed E-state index contributed by atoms with van der Waals surface area (Å²) in [4.78, 5) is 0. The standard InChI is InChI=1S/C12H19NO3/c1-15-9-11(14)8-13-7-10-3-5-12(16-2)6-4-10/h3-6,11,13-14H,7-9H2,1-2H3/t11-/m1/s1. The second-order valence-corrected chi connectivity index (χ2v) is 3.59. The van der Waals surface area contributed by atoms with Crippen molar-refractivity contribution in [2.45, 2.75) is 12.6 Å². The van der Waals surface area contributed by atoms with Gasteiger partial charge in [0, 0.05) is 20.2 Å². The van der Waals surface area contributed by atoms with Crippen molar-refractivity contribution in [1.29, 1.82) is 0 Å². The molecule has 0 heterocycles. The van der Waals surface area contributed by atoms with E-state index < -0.39 is 6.10 Å². The molecule has 0 aliphatic rings. The van der Waals surface area contributed by atoms with Crippen LogP contribution in [-0.2, 0) is 11.3 Å². The first-order valence-corrected chi connectivity index (χ1v) is 5.27. The van der Waals surface area contributed by atoms with E-state index in [1.54, 1.807) is 14.2 Å². The summed E-state index contributed by atoms with van der Waals surface area (Å²) in [6, 6.07) is 7.83. The Bertz CT molecular complexity index is 287. The Morgan fingerprint density at radius 1 is 1.25 bits per heavy atom. The molecule has 4 heteroatoms. The number of methoxy groups -OCH3 is 2. The molecule has 1 aromatic carbocycles. The lowest BCUT2D eigenvalue weighted by Crippen LogP contribution is -2.29. The van der Waals surface area contributed by atoms with Crippen LogP contribution in [0.15, 0.2) is 24.3 Å². The fourth-order valence-electron chi connectivity index (χ4n) is 1.38. The van der Waals surface area contributed by atoms with Crippen molar-refractivity contribution >= 4 is 0 Å². The van der Waals surface area contributed by atoms with Crippen molar-refractivity contribution < 1.29 is 14.6 Å². The predicted molar refractivity (Wildman–Crippen MR) is 62.6 cm³/mol. The molecular formula is C12H19NO3. The number of nitrogens with one attached hydrogen (secondary N) is 1. The molecule has 0 unspecified atom stereocenters. The summed E-state index contributed by atoms with van der Waals surface area (Å²) in [6.45, 7) is 1.61. The van der Waals surface area contributed by atoms with Gasteiger partial charge in [-0.15, -0.1) is 0 Å². The molecule has 0 amide bonds. The minimum atomic E-state index is -0.455. The van der Waals surface area contributed by atoms with E-state index in [4.69, 9.17) is 9.47 Å². The molecule has 0 aliphatic carbocycles. The smallest absolute Gasteiger partial charge is 0.118 e. The molecule has 1 rings (SSSR count). The number of benzene rings is 1. The first-order chi connectivity index (χ1) is 7.76. The van der Waals surface area contributed by atoms with Gasteiger partial charge in [0.2, 0.25) is 0 Å². The molecule has 0 spiro atoms. The second-order valence-electron chi connectivity index (χ2n) is 3.59. The van der Waals surface area contributed by atoms with Gasteiger partial charge in [-0.2, -0.15) is 0 Å². The molecule has 1 atom stereocenters. The quantitative estimate of drug-likeness (QED) is 0.720. The van der Waals surface area contributed by atoms with Gasteiger partial charge in [0.15, 0.2) is 0 Å². The Balaban J connectivity index is 2.26. The van der Waals surface area contributed by atoms with Gasteiger partial charge in [-0.1, -0.05) is 12.1 Å². The van der Waals surface area contributed by atoms with Crippen molar-refractivity contribution in [2.24, 2.45) is 0 Å². The van der Waals surface area contributed by atoms with Crippen molar-refractivity contribution in [2.75, 3.05) is 27.4 Å². The van der Waals surface area contributed by atoms with Crippen molar-refractivity contribution in [3.8, 4) is 5.75 Å². The zero-order valence-electron chi connectivity index (χ0n) is 9.77. The van der Waals surface area contributed by atoms with Crippen molar-refractivity contribution in [3.63, 3.8) is 0 Å². The number of aliphatic hydroxyl groups is 1. The highest BCUT2D eigenvalue weighted by Gasteiger charge is 2.02. The molecule has 16 heavy (non-hydrogen) atoms. The van der Waals surface area contributed by atoms with E-state index >= 15 is 0 Å². The van der Waals surface area contributed by atoms with Crippen LogP contribution in [0.25, 0.3) is 0 Å². The number of aliphatic hydroxyl groups excluding tert-OH is 1. The van der Waals surface area contributed by atoms with Gasteiger partial charge in [0.25, 0.3) is 0 Å². The van der Waals surface area contributed by atoms with Crippen LogP contribution in [-0.4, -0.2) is 38.6 Å². The van der Waals surface area contributed by atoms with Gasteiger partial charge in [-0.05, 0) is 17.7 Å². The predicted octanol–water partition coefficient (Wildman–Crippen LogP) is 0.792. The summed E-state index contributed by atoms with van der Waals surface area (Å²) < 4.78 is 9.90. The highest BCUT2D eigenvalue weighted by Crippen LogP contribution is 2.10. The Hall–Kier alpha value is -1.10. The summed E-state index contributed by atoms with van der Waals surface area (Å²) >= 11 is 0. The molecule has 0 bridgehead atoms. The Kier molecular flexibility index (Phi) is 5.85. The largest absolute Gasteiger partial charge is 0.497 e. The summed E-state index contributed by atoms with van der Waals surface area (Å²) in [7, 11) is 3.22. The highest BCUT2D eigenvalue weighted by molar-refractivity contribution is 5.26. The Labute approximate surface area is 96.2 Å². The van der Waals surface area contributed by atoms with Crippen LogP contribution in [0.3, 0.4) is 0 Å². The van der Waals surface area contributed by atoms with Crippen LogP contribution >= 0.6 is 0 Å². The molecule has 2 N–H and O–H groups in total. The molecular weight excluding hydrogens is 206 g/mol. The summed E-state index contributed by atoms with van der Waals surface area (Å²) in [5.74, 6) is 0.850. The SMILES string of the molecule is COC[C@H](O)CNCc1ccc(OC)cc1. The molecule has 0 aliphatic heterocycles. The summed E-state index contributed by atoms with van der Waals surface area (Å²) in [5.41, 5.74) is 1.16. The Morgan fingerprint density at radius 2 is 1.94 bits per heavy atom. The molecule has 0 aromatic heterocycles. The van der Waals surface area contributed by atoms with Gasteiger partial charge in [0.05, 0.1) is 19.8 Å². The summed E-state index contributed by atoms with van der Waals surface area (Å²) in [6.07, 6.45) is -0.455. The van der Waals surface area contributed by atoms with E-state index in [2.05, 4.69) is 5.32 Å². The third-order valence-electron chi connectivity index (χ3n) is 2.23. The molecule has 90 valence electrons. The number of rotatable bonds is 7. The van der Waals surface area contributed by atoms with Crippen molar-refractivity contribution in [3.05, 3.63) is 29.8 Å². The maximum Gasteiger partial charge on any atom is 0.118 e. The molecule has 0 saturated heterocycles. The topological polar surface area (TPSA) is 50.7 Å². The minimum Gasteiger partial charge on any atom is -0.497 e. The van der Waals surface area contributed by atoms with Gasteiger partial charge in [-0.3, -0.25) is 0 Å². The first kappa shape index (κ1) is 13.0. The second kappa shape index (κ2) is 7.22. The molecule has 0 saturated carbocycles. The first-order valence-electron chi connectivity index (χ1n) is 5.27. The zero-order chi connectivity index (χ0) is 11.8. The lowest BCUT2D eigenvalue weighted by atomic mass is 10.2. The van der Waals surface area contributed by atoms with E-state index in [0.29, 0.717) is 13.2 Å². The number of hydrogen-bond donors (Lipinski definition) is 2. The van der Waals surface area contributed by atoms with Crippen LogP contribution < -0.4 is 10.1 Å². The molecule has 1 aromatic rings. The van der Waals surface area contributed by atoms with Gasteiger partial charge >= 0.3 is 0 Å². The maximum atomic E-state index is 9.40. The van der Waals surface area contributed by atoms with Crippen LogP contribution in [0.4, 0.5) is 0 Å². The van der Waals surface area contributed by atoms with E-state index in [9.17, 15) is 5.11 Å². The Morgan fingerprint density at radius 3 is 2.50 bits per heavy atom. The fraction of sp³-hybridized carbons (Fsp3) is 0.500. The van der Waals surface area contributed by atoms with E-state index in [1.807, 2.05) is 24.3 Å². The van der Waals surface area contributed by atoms with Crippen LogP contribution in [0.5, 0.6) is 5.75 Å². The monoisotopic (exact) mass is 225 g/mol. The van der Waals surface area contributed by atoms with Crippen LogP contribution in [0, 0.1) is 0 Å². The molecule has 0 fully saturated rings. The highest BCUT2D eigenvalue weighted by atomic mass is 16.5. The van der Waals surface area contributed by atoms with Gasteiger partial charge in [0.1, 0.15) is 5.75 Å². The third-order valence-corrected chi connectivity index (χ3v) is 2.23. The summed E-state index contributed by atoms with van der Waals surface area (Å²) in [5, 5.41) is 12.6. The molecule has 4 nitrogen and oxygen atoms in total. The minimum absolute atomic E-state index is 0.357. The van der Waals surface area contributed by atoms with Gasteiger partial charge < -0.3 is 19.9 Å². The average Bonchev–Trinajstić information content (AvgIpc) is 2.30. The fourth-order valence-corrected chi connectivity index (χ4v) is 1.38. The van der Waals surface area contributed by atoms with E-state index in [0.717, 1.165) is 17.9 Å². The maximum absolute atomic E-state index is 9.40. The van der Waals surface area contributed by atoms with Crippen LogP contribution in [0.2, 0.25) is 0 Å². The van der Waals surface area contributed by atoms with Gasteiger partial charge in [-0.25, -0.2) is 0 Å². The average molecular weight is 225 g/mol. The number of ether oxygens (including phenoxy) is 2. The lowest BCUT2D eigenvalue weighted by molar-refractivity contribution is 0.0644. The normalized spacial score (nSPS) is 12.4. The molecule has 0 radical (unpaired) electrons.